The molecule has 3 fully saturated rings. The number of amides is 2. The number of carbonyl (C=O) groups excluding carboxylic acids is 2. The van der Waals surface area contributed by atoms with E-state index in [9.17, 15) is 9.59 Å². The Labute approximate surface area is 159 Å². The van der Waals surface area contributed by atoms with Gasteiger partial charge in [-0.15, -0.1) is 11.3 Å². The van der Waals surface area contributed by atoms with Gasteiger partial charge >= 0.3 is 0 Å². The van der Waals surface area contributed by atoms with Gasteiger partial charge in [0.1, 0.15) is 0 Å². The molecule has 142 valence electrons. The molecule has 1 N–H and O–H groups in total. The van der Waals surface area contributed by atoms with Crippen LogP contribution in [0.15, 0.2) is 5.38 Å². The van der Waals surface area contributed by atoms with Crippen LogP contribution in [0.25, 0.3) is 0 Å². The highest BCUT2D eigenvalue weighted by molar-refractivity contribution is 7.13. The Hall–Kier alpha value is -1.63. The van der Waals surface area contributed by atoms with Gasteiger partial charge in [0.05, 0.1) is 18.2 Å². The van der Waals surface area contributed by atoms with E-state index in [1.54, 1.807) is 11.3 Å². The summed E-state index contributed by atoms with van der Waals surface area (Å²) in [6.45, 7) is 3.25. The molecule has 2 amide bonds. The highest BCUT2D eigenvalue weighted by atomic mass is 32.1. The Morgan fingerprint density at radius 2 is 1.96 bits per heavy atom. The van der Waals surface area contributed by atoms with Gasteiger partial charge in [-0.2, -0.15) is 0 Å². The summed E-state index contributed by atoms with van der Waals surface area (Å²) in [5.41, 5.74) is 0.935. The number of nitrogens with zero attached hydrogens (tertiary/aromatic N) is 3. The van der Waals surface area contributed by atoms with E-state index in [4.69, 9.17) is 0 Å². The van der Waals surface area contributed by atoms with Gasteiger partial charge in [-0.05, 0) is 32.1 Å². The van der Waals surface area contributed by atoms with Crippen molar-refractivity contribution in [2.24, 2.45) is 5.92 Å². The van der Waals surface area contributed by atoms with Crippen molar-refractivity contribution in [1.82, 2.24) is 15.2 Å². The predicted octanol–water partition coefficient (Wildman–Crippen LogP) is 2.54. The smallest absolute Gasteiger partial charge is 0.225 e. The van der Waals surface area contributed by atoms with Crippen LogP contribution in [0.4, 0.5) is 5.13 Å². The van der Waals surface area contributed by atoms with E-state index in [1.807, 2.05) is 10.3 Å². The summed E-state index contributed by atoms with van der Waals surface area (Å²) in [4.78, 5) is 33.8. The van der Waals surface area contributed by atoms with Crippen molar-refractivity contribution in [3.63, 3.8) is 0 Å². The Kier molecular flexibility index (Phi) is 5.43. The van der Waals surface area contributed by atoms with Crippen molar-refractivity contribution >= 4 is 28.3 Å². The number of aromatic nitrogens is 1. The SMILES string of the molecule is O=C(NCc1csc(N2CCCC2)n1)C1CCC(=O)N(C2CCCC2)C1. The van der Waals surface area contributed by atoms with Crippen LogP contribution in [0.1, 0.15) is 57.1 Å². The summed E-state index contributed by atoms with van der Waals surface area (Å²) in [5.74, 6) is 0.219. The van der Waals surface area contributed by atoms with Gasteiger partial charge in [-0.25, -0.2) is 4.98 Å². The van der Waals surface area contributed by atoms with Crippen LogP contribution in [0.2, 0.25) is 0 Å². The number of rotatable bonds is 5. The van der Waals surface area contributed by atoms with E-state index >= 15 is 0 Å². The molecule has 4 rings (SSSR count). The summed E-state index contributed by atoms with van der Waals surface area (Å²) in [7, 11) is 0. The zero-order chi connectivity index (χ0) is 17.9. The topological polar surface area (TPSA) is 65.5 Å². The largest absolute Gasteiger partial charge is 0.350 e. The monoisotopic (exact) mass is 376 g/mol. The summed E-state index contributed by atoms with van der Waals surface area (Å²) < 4.78 is 0. The standard InChI is InChI=1S/C19H28N4O2S/c24-17-8-7-14(12-23(17)16-5-1-2-6-16)18(25)20-11-15-13-26-19(21-15)22-9-3-4-10-22/h13-14,16H,1-12H2,(H,20,25). The van der Waals surface area contributed by atoms with E-state index in [0.29, 0.717) is 32.0 Å². The fourth-order valence-electron chi connectivity index (χ4n) is 4.41. The minimum atomic E-state index is -0.0787. The highest BCUT2D eigenvalue weighted by Crippen LogP contribution is 2.29. The minimum Gasteiger partial charge on any atom is -0.350 e. The molecule has 7 heteroatoms. The van der Waals surface area contributed by atoms with E-state index in [1.165, 1.54) is 25.7 Å². The maximum absolute atomic E-state index is 12.6. The maximum atomic E-state index is 12.6. The van der Waals surface area contributed by atoms with Gasteiger partial charge in [0.25, 0.3) is 0 Å². The third-order valence-corrected chi connectivity index (χ3v) is 6.89. The molecule has 26 heavy (non-hydrogen) atoms. The number of likely N-dealkylation sites (tertiary alicyclic amines) is 1. The normalized spacial score (nSPS) is 24.5. The van der Waals surface area contributed by atoms with Crippen LogP contribution in [-0.4, -0.2) is 47.4 Å². The number of nitrogens with one attached hydrogen (secondary N) is 1. The molecule has 3 heterocycles. The first-order chi connectivity index (χ1) is 12.7. The van der Waals surface area contributed by atoms with Crippen LogP contribution in [0.3, 0.4) is 0 Å². The Bertz CT molecular complexity index is 650. The van der Waals surface area contributed by atoms with Crippen molar-refractivity contribution in [3.8, 4) is 0 Å². The van der Waals surface area contributed by atoms with E-state index in [-0.39, 0.29) is 17.7 Å². The fraction of sp³-hybridized carbons (Fsp3) is 0.737. The predicted molar refractivity (Wildman–Crippen MR) is 102 cm³/mol. The Morgan fingerprint density at radius 1 is 1.19 bits per heavy atom. The lowest BCUT2D eigenvalue weighted by Gasteiger charge is -2.36. The maximum Gasteiger partial charge on any atom is 0.225 e. The molecule has 1 unspecified atom stereocenters. The molecule has 0 aromatic carbocycles. The van der Waals surface area contributed by atoms with Gasteiger partial charge in [-0.1, -0.05) is 12.8 Å². The molecular weight excluding hydrogens is 348 g/mol. The quantitative estimate of drug-likeness (QED) is 0.858. The molecule has 0 bridgehead atoms. The first-order valence-corrected chi connectivity index (χ1v) is 10.9. The van der Waals surface area contributed by atoms with Crippen molar-refractivity contribution in [3.05, 3.63) is 11.1 Å². The number of hydrogen-bond acceptors (Lipinski definition) is 5. The highest BCUT2D eigenvalue weighted by Gasteiger charge is 2.35. The van der Waals surface area contributed by atoms with Gasteiger partial charge in [0, 0.05) is 37.5 Å². The third-order valence-electron chi connectivity index (χ3n) is 5.94. The van der Waals surface area contributed by atoms with Crippen molar-refractivity contribution < 1.29 is 9.59 Å². The Balaban J connectivity index is 1.29. The van der Waals surface area contributed by atoms with Gasteiger partial charge < -0.3 is 15.1 Å². The lowest BCUT2D eigenvalue weighted by Crippen LogP contribution is -2.49. The number of carbonyl (C=O) groups is 2. The molecule has 2 saturated heterocycles. The van der Waals surface area contributed by atoms with Gasteiger partial charge in [0.2, 0.25) is 11.8 Å². The Morgan fingerprint density at radius 3 is 2.73 bits per heavy atom. The number of hydrogen-bond donors (Lipinski definition) is 1. The van der Waals surface area contributed by atoms with Crippen LogP contribution >= 0.6 is 11.3 Å². The van der Waals surface area contributed by atoms with Crippen LogP contribution < -0.4 is 10.2 Å². The molecule has 1 aromatic rings. The molecule has 0 radical (unpaired) electrons. The van der Waals surface area contributed by atoms with Crippen molar-refractivity contribution in [2.45, 2.75) is 64.0 Å². The van der Waals surface area contributed by atoms with E-state index in [2.05, 4.69) is 15.2 Å². The second-order valence-corrected chi connectivity index (χ2v) is 8.59. The molecule has 1 atom stereocenters. The van der Waals surface area contributed by atoms with E-state index < -0.39 is 0 Å². The second-order valence-electron chi connectivity index (χ2n) is 7.75. The fourth-order valence-corrected chi connectivity index (χ4v) is 5.29. The summed E-state index contributed by atoms with van der Waals surface area (Å²) in [5, 5.41) is 6.16. The second kappa shape index (κ2) is 7.94. The number of anilines is 1. The van der Waals surface area contributed by atoms with Gasteiger partial charge in [0.15, 0.2) is 5.13 Å². The zero-order valence-corrected chi connectivity index (χ0v) is 16.1. The average Bonchev–Trinajstić information content (AvgIpc) is 3.42. The van der Waals surface area contributed by atoms with Crippen molar-refractivity contribution in [2.75, 3.05) is 24.5 Å². The molecule has 6 nitrogen and oxygen atoms in total. The van der Waals surface area contributed by atoms with E-state index in [0.717, 1.165) is 36.8 Å². The van der Waals surface area contributed by atoms with Crippen LogP contribution in [0, 0.1) is 5.92 Å². The first-order valence-electron chi connectivity index (χ1n) is 9.97. The van der Waals surface area contributed by atoms with Crippen LogP contribution in [-0.2, 0) is 16.1 Å². The third kappa shape index (κ3) is 3.87. The van der Waals surface area contributed by atoms with Crippen LogP contribution in [0.5, 0.6) is 0 Å². The molecule has 1 saturated carbocycles. The molecule has 1 aliphatic carbocycles. The average molecular weight is 377 g/mol. The lowest BCUT2D eigenvalue weighted by molar-refractivity contribution is -0.140. The summed E-state index contributed by atoms with van der Waals surface area (Å²) in [6.07, 6.45) is 8.25. The molecule has 1 aromatic heterocycles. The summed E-state index contributed by atoms with van der Waals surface area (Å²) in [6, 6.07) is 0.361. The summed E-state index contributed by atoms with van der Waals surface area (Å²) >= 11 is 1.66. The van der Waals surface area contributed by atoms with Gasteiger partial charge in [-0.3, -0.25) is 9.59 Å². The van der Waals surface area contributed by atoms with Crippen molar-refractivity contribution in [1.29, 1.82) is 0 Å². The molecule has 2 aliphatic heterocycles. The molecule has 0 spiro atoms. The number of thiazole rings is 1. The molecular formula is C19H28N4O2S. The first kappa shape index (κ1) is 17.8. The number of piperidine rings is 1. The molecule has 3 aliphatic rings. The zero-order valence-electron chi connectivity index (χ0n) is 15.3. The minimum absolute atomic E-state index is 0.0659. The lowest BCUT2D eigenvalue weighted by atomic mass is 9.95.